The number of anilines is 2. The van der Waals surface area contributed by atoms with E-state index in [1.54, 1.807) is 31.4 Å². The molecule has 2 rings (SSSR count). The van der Waals surface area contributed by atoms with E-state index in [9.17, 15) is 10.1 Å². The van der Waals surface area contributed by atoms with E-state index in [4.69, 9.17) is 4.74 Å². The third kappa shape index (κ3) is 4.61. The molecule has 2 N–H and O–H groups in total. The topological polar surface area (TPSA) is 74.2 Å². The summed E-state index contributed by atoms with van der Waals surface area (Å²) in [6, 6.07) is 15.0. The number of nitrogens with zero attached hydrogens (tertiary/aromatic N) is 1. The Balaban J connectivity index is 2.14. The minimum absolute atomic E-state index is 0.00104. The predicted octanol–water partition coefficient (Wildman–Crippen LogP) is 4.02. The Hall–Kier alpha value is -3.26. The lowest BCUT2D eigenvalue weighted by molar-refractivity contribution is -0.112. The maximum atomic E-state index is 12.4. The quantitative estimate of drug-likeness (QED) is 0.617. The smallest absolute Gasteiger partial charge is 0.267 e. The third-order valence-electron chi connectivity index (χ3n) is 3.82. The van der Waals surface area contributed by atoms with Crippen molar-refractivity contribution in [3.05, 3.63) is 65.4 Å². The van der Waals surface area contributed by atoms with Crippen molar-refractivity contribution in [2.45, 2.75) is 20.3 Å². The summed E-state index contributed by atoms with van der Waals surface area (Å²) in [5.41, 5.74) is 3.52. The standard InChI is InChI=1S/C20H21N3O2/c1-4-15-7-5-6-14(2)19(15)23-20(24)16(12-21)13-22-17-8-10-18(25-3)11-9-17/h5-11,13,22H,4H2,1-3H3,(H,23,24)/b16-13-. The van der Waals surface area contributed by atoms with Gasteiger partial charge in [-0.15, -0.1) is 0 Å². The molecule has 0 saturated heterocycles. The molecule has 2 aromatic carbocycles. The molecule has 0 aromatic heterocycles. The normalized spacial score (nSPS) is 10.7. The first-order chi connectivity index (χ1) is 12.1. The Morgan fingerprint density at radius 3 is 2.56 bits per heavy atom. The van der Waals surface area contributed by atoms with Crippen LogP contribution in [0, 0.1) is 18.3 Å². The Morgan fingerprint density at radius 2 is 1.96 bits per heavy atom. The van der Waals surface area contributed by atoms with Gasteiger partial charge in [0.25, 0.3) is 5.91 Å². The first-order valence-electron chi connectivity index (χ1n) is 7.99. The van der Waals surface area contributed by atoms with Crippen LogP contribution in [0.15, 0.2) is 54.2 Å². The fourth-order valence-electron chi connectivity index (χ4n) is 2.37. The number of amides is 1. The first kappa shape index (κ1) is 18.1. The average Bonchev–Trinajstić information content (AvgIpc) is 2.64. The van der Waals surface area contributed by atoms with Crippen LogP contribution in [0.5, 0.6) is 5.75 Å². The second kappa shape index (κ2) is 8.55. The van der Waals surface area contributed by atoms with Crippen molar-refractivity contribution in [3.8, 4) is 11.8 Å². The molecule has 0 spiro atoms. The highest BCUT2D eigenvalue weighted by molar-refractivity contribution is 6.07. The van der Waals surface area contributed by atoms with E-state index in [-0.39, 0.29) is 5.57 Å². The van der Waals surface area contributed by atoms with Gasteiger partial charge in [-0.05, 0) is 48.7 Å². The molecular weight excluding hydrogens is 314 g/mol. The predicted molar refractivity (Wildman–Crippen MR) is 99.5 cm³/mol. The van der Waals surface area contributed by atoms with E-state index in [1.807, 2.05) is 38.1 Å². The second-order valence-corrected chi connectivity index (χ2v) is 5.46. The van der Waals surface area contributed by atoms with Gasteiger partial charge in [0.15, 0.2) is 0 Å². The molecule has 2 aromatic rings. The summed E-state index contributed by atoms with van der Waals surface area (Å²) in [5.74, 6) is 0.298. The fraction of sp³-hybridized carbons (Fsp3) is 0.200. The Labute approximate surface area is 147 Å². The molecule has 0 heterocycles. The lowest BCUT2D eigenvalue weighted by Crippen LogP contribution is -2.16. The van der Waals surface area contributed by atoms with E-state index in [2.05, 4.69) is 10.6 Å². The van der Waals surface area contributed by atoms with Crippen molar-refractivity contribution in [3.63, 3.8) is 0 Å². The van der Waals surface area contributed by atoms with Crippen LogP contribution in [-0.4, -0.2) is 13.0 Å². The number of carbonyl (C=O) groups excluding carboxylic acids is 1. The van der Waals surface area contributed by atoms with Crippen LogP contribution in [0.3, 0.4) is 0 Å². The molecule has 0 radical (unpaired) electrons. The van der Waals surface area contributed by atoms with E-state index >= 15 is 0 Å². The monoisotopic (exact) mass is 335 g/mol. The van der Waals surface area contributed by atoms with Crippen molar-refractivity contribution in [1.29, 1.82) is 5.26 Å². The highest BCUT2D eigenvalue weighted by Crippen LogP contribution is 2.22. The summed E-state index contributed by atoms with van der Waals surface area (Å²) >= 11 is 0. The largest absolute Gasteiger partial charge is 0.497 e. The van der Waals surface area contributed by atoms with Crippen LogP contribution in [0.4, 0.5) is 11.4 Å². The third-order valence-corrected chi connectivity index (χ3v) is 3.82. The number of para-hydroxylation sites is 1. The molecule has 5 heteroatoms. The molecule has 25 heavy (non-hydrogen) atoms. The first-order valence-corrected chi connectivity index (χ1v) is 7.99. The molecule has 0 fully saturated rings. The van der Waals surface area contributed by atoms with Gasteiger partial charge in [-0.25, -0.2) is 0 Å². The minimum atomic E-state index is -0.437. The van der Waals surface area contributed by atoms with Gasteiger partial charge < -0.3 is 15.4 Å². The number of carbonyl (C=O) groups is 1. The van der Waals surface area contributed by atoms with Crippen LogP contribution in [-0.2, 0) is 11.2 Å². The number of ether oxygens (including phenoxy) is 1. The van der Waals surface area contributed by atoms with Crippen molar-refractivity contribution in [2.75, 3.05) is 17.7 Å². The summed E-state index contributed by atoms with van der Waals surface area (Å²) < 4.78 is 5.09. The SMILES string of the molecule is CCc1cccc(C)c1NC(=O)/C(C#N)=C\Nc1ccc(OC)cc1. The summed E-state index contributed by atoms with van der Waals surface area (Å²) in [6.07, 6.45) is 2.20. The van der Waals surface area contributed by atoms with Gasteiger partial charge in [-0.1, -0.05) is 25.1 Å². The zero-order valence-corrected chi connectivity index (χ0v) is 14.6. The summed E-state index contributed by atoms with van der Waals surface area (Å²) in [5, 5.41) is 15.1. The molecule has 0 saturated carbocycles. The molecule has 0 aliphatic rings. The van der Waals surface area contributed by atoms with E-state index in [0.717, 1.165) is 34.7 Å². The minimum Gasteiger partial charge on any atom is -0.497 e. The molecule has 0 unspecified atom stereocenters. The van der Waals surface area contributed by atoms with Crippen LogP contribution in [0.25, 0.3) is 0 Å². The van der Waals surface area contributed by atoms with Crippen LogP contribution >= 0.6 is 0 Å². The Morgan fingerprint density at radius 1 is 1.24 bits per heavy atom. The lowest BCUT2D eigenvalue weighted by atomic mass is 10.1. The molecule has 5 nitrogen and oxygen atoms in total. The second-order valence-electron chi connectivity index (χ2n) is 5.46. The fourth-order valence-corrected chi connectivity index (χ4v) is 2.37. The lowest BCUT2D eigenvalue weighted by Gasteiger charge is -2.12. The zero-order valence-electron chi connectivity index (χ0n) is 14.6. The number of benzene rings is 2. The molecule has 0 bridgehead atoms. The van der Waals surface area contributed by atoms with Crippen LogP contribution in [0.2, 0.25) is 0 Å². The number of nitriles is 1. The van der Waals surface area contributed by atoms with Gasteiger partial charge in [-0.3, -0.25) is 4.79 Å². The molecule has 128 valence electrons. The maximum absolute atomic E-state index is 12.4. The van der Waals surface area contributed by atoms with Crippen molar-refractivity contribution >= 4 is 17.3 Å². The summed E-state index contributed by atoms with van der Waals surface area (Å²) in [6.45, 7) is 3.96. The highest BCUT2D eigenvalue weighted by atomic mass is 16.5. The Kier molecular flexibility index (Phi) is 6.19. The van der Waals surface area contributed by atoms with Crippen molar-refractivity contribution in [1.82, 2.24) is 0 Å². The van der Waals surface area contributed by atoms with Gasteiger partial charge in [0.05, 0.1) is 7.11 Å². The zero-order chi connectivity index (χ0) is 18.2. The van der Waals surface area contributed by atoms with E-state index < -0.39 is 5.91 Å². The number of aryl methyl sites for hydroxylation is 2. The number of methoxy groups -OCH3 is 1. The molecule has 0 aliphatic carbocycles. The number of hydrogen-bond donors (Lipinski definition) is 2. The molecular formula is C20H21N3O2. The van der Waals surface area contributed by atoms with Crippen LogP contribution < -0.4 is 15.4 Å². The Bertz CT molecular complexity index is 818. The number of rotatable bonds is 6. The van der Waals surface area contributed by atoms with Gasteiger partial charge in [0.2, 0.25) is 0 Å². The molecule has 0 aliphatic heterocycles. The van der Waals surface area contributed by atoms with Crippen molar-refractivity contribution in [2.24, 2.45) is 0 Å². The molecule has 1 amide bonds. The van der Waals surface area contributed by atoms with Gasteiger partial charge >= 0.3 is 0 Å². The highest BCUT2D eigenvalue weighted by Gasteiger charge is 2.13. The van der Waals surface area contributed by atoms with Gasteiger partial charge in [0.1, 0.15) is 17.4 Å². The summed E-state index contributed by atoms with van der Waals surface area (Å²) in [4.78, 5) is 12.4. The van der Waals surface area contributed by atoms with Gasteiger partial charge in [-0.2, -0.15) is 5.26 Å². The number of nitrogens with one attached hydrogen (secondary N) is 2. The molecule has 0 atom stereocenters. The summed E-state index contributed by atoms with van der Waals surface area (Å²) in [7, 11) is 1.59. The van der Waals surface area contributed by atoms with Crippen molar-refractivity contribution < 1.29 is 9.53 Å². The number of hydrogen-bond acceptors (Lipinski definition) is 4. The maximum Gasteiger partial charge on any atom is 0.267 e. The van der Waals surface area contributed by atoms with E-state index in [1.165, 1.54) is 6.20 Å². The average molecular weight is 335 g/mol. The van der Waals surface area contributed by atoms with Gasteiger partial charge in [0, 0.05) is 17.6 Å². The van der Waals surface area contributed by atoms with Crippen LogP contribution in [0.1, 0.15) is 18.1 Å². The van der Waals surface area contributed by atoms with E-state index in [0.29, 0.717) is 0 Å².